The first-order valence-electron chi connectivity index (χ1n) is 7.03. The van der Waals surface area contributed by atoms with Gasteiger partial charge in [-0.15, -0.1) is 0 Å². The fraction of sp³-hybridized carbons (Fsp3) is 0.235. The lowest BCUT2D eigenvalue weighted by atomic mass is 10.3. The van der Waals surface area contributed by atoms with Crippen LogP contribution < -0.4 is 15.4 Å². The summed E-state index contributed by atoms with van der Waals surface area (Å²) in [6.07, 6.45) is 1.58. The Kier molecular flexibility index (Phi) is 5.65. The summed E-state index contributed by atoms with van der Waals surface area (Å²) in [5.74, 6) is 1.40. The molecule has 0 spiro atoms. The van der Waals surface area contributed by atoms with Gasteiger partial charge in [0.25, 0.3) is 0 Å². The molecule has 0 saturated carbocycles. The number of benzene rings is 1. The molecule has 2 aromatic rings. The molecule has 22 heavy (non-hydrogen) atoms. The summed E-state index contributed by atoms with van der Waals surface area (Å²) in [6, 6.07) is 11.0. The van der Waals surface area contributed by atoms with Gasteiger partial charge in [-0.3, -0.25) is 4.79 Å². The fourth-order valence-electron chi connectivity index (χ4n) is 1.72. The van der Waals surface area contributed by atoms with Crippen LogP contribution in [0, 0.1) is 0 Å². The highest BCUT2D eigenvalue weighted by atomic mass is 16.5. The minimum Gasteiger partial charge on any atom is -0.489 e. The summed E-state index contributed by atoms with van der Waals surface area (Å²) in [6.45, 7) is 6.79. The fourth-order valence-corrected chi connectivity index (χ4v) is 1.72. The molecule has 0 bridgehead atoms. The second-order valence-electron chi connectivity index (χ2n) is 4.98. The van der Waals surface area contributed by atoms with Crippen molar-refractivity contribution in [3.05, 3.63) is 60.6 Å². The van der Waals surface area contributed by atoms with E-state index in [1.165, 1.54) is 0 Å². The number of amides is 1. The van der Waals surface area contributed by atoms with E-state index >= 15 is 0 Å². The molecule has 2 rings (SSSR count). The van der Waals surface area contributed by atoms with Crippen molar-refractivity contribution in [1.29, 1.82) is 0 Å². The molecule has 2 N–H and O–H groups in total. The van der Waals surface area contributed by atoms with Crippen molar-refractivity contribution in [2.24, 2.45) is 0 Å². The standard InChI is InChI=1S/C17H20N2O3/c1-13(2)12-22-15-7-5-14(6-8-15)18-11-17(20)19-10-16-4-3-9-21-16/h3-9,18H,1,10-12H2,2H3,(H,19,20). The highest BCUT2D eigenvalue weighted by molar-refractivity contribution is 5.80. The number of ether oxygens (including phenoxy) is 1. The molecule has 0 unspecified atom stereocenters. The van der Waals surface area contributed by atoms with Crippen LogP contribution in [-0.4, -0.2) is 19.1 Å². The maximum Gasteiger partial charge on any atom is 0.239 e. The number of hydrogen-bond donors (Lipinski definition) is 2. The second kappa shape index (κ2) is 7.93. The van der Waals surface area contributed by atoms with E-state index in [9.17, 15) is 4.79 Å². The topological polar surface area (TPSA) is 63.5 Å². The first kappa shape index (κ1) is 15.7. The number of nitrogens with one attached hydrogen (secondary N) is 2. The van der Waals surface area contributed by atoms with E-state index in [0.717, 1.165) is 22.8 Å². The minimum atomic E-state index is -0.0981. The average Bonchev–Trinajstić information content (AvgIpc) is 3.03. The summed E-state index contributed by atoms with van der Waals surface area (Å²) >= 11 is 0. The molecule has 0 aliphatic rings. The van der Waals surface area contributed by atoms with E-state index in [4.69, 9.17) is 9.15 Å². The summed E-state index contributed by atoms with van der Waals surface area (Å²) in [5.41, 5.74) is 1.83. The number of carbonyl (C=O) groups excluding carboxylic acids is 1. The average molecular weight is 300 g/mol. The zero-order valence-corrected chi connectivity index (χ0v) is 12.6. The van der Waals surface area contributed by atoms with Crippen LogP contribution >= 0.6 is 0 Å². The van der Waals surface area contributed by atoms with Gasteiger partial charge in [-0.1, -0.05) is 6.58 Å². The largest absolute Gasteiger partial charge is 0.489 e. The van der Waals surface area contributed by atoms with Crippen LogP contribution in [0.5, 0.6) is 5.75 Å². The van der Waals surface area contributed by atoms with Crippen LogP contribution in [0.25, 0.3) is 0 Å². The summed E-state index contributed by atoms with van der Waals surface area (Å²) in [7, 11) is 0. The molecule has 1 aromatic heterocycles. The van der Waals surface area contributed by atoms with Gasteiger partial charge in [0, 0.05) is 5.69 Å². The van der Waals surface area contributed by atoms with Crippen LogP contribution in [0.2, 0.25) is 0 Å². The number of anilines is 1. The van der Waals surface area contributed by atoms with Crippen molar-refractivity contribution in [1.82, 2.24) is 5.32 Å². The van der Waals surface area contributed by atoms with Crippen molar-refractivity contribution in [3.8, 4) is 5.75 Å². The van der Waals surface area contributed by atoms with E-state index in [2.05, 4.69) is 17.2 Å². The number of rotatable bonds is 8. The predicted molar refractivity (Wildman–Crippen MR) is 85.8 cm³/mol. The van der Waals surface area contributed by atoms with Gasteiger partial charge in [0.05, 0.1) is 19.4 Å². The maximum atomic E-state index is 11.7. The van der Waals surface area contributed by atoms with Gasteiger partial charge in [0.2, 0.25) is 5.91 Å². The molecule has 0 radical (unpaired) electrons. The Bertz CT molecular complexity index is 603. The number of hydrogen-bond acceptors (Lipinski definition) is 4. The second-order valence-corrected chi connectivity index (χ2v) is 4.98. The monoisotopic (exact) mass is 300 g/mol. The van der Waals surface area contributed by atoms with Crippen molar-refractivity contribution in [2.75, 3.05) is 18.5 Å². The molecule has 0 fully saturated rings. The van der Waals surface area contributed by atoms with Crippen molar-refractivity contribution >= 4 is 11.6 Å². The Morgan fingerprint density at radius 3 is 2.68 bits per heavy atom. The first-order chi connectivity index (χ1) is 10.6. The van der Waals surface area contributed by atoms with Crippen LogP contribution in [0.3, 0.4) is 0 Å². The Morgan fingerprint density at radius 1 is 1.27 bits per heavy atom. The molecule has 5 nitrogen and oxygen atoms in total. The third-order valence-electron chi connectivity index (χ3n) is 2.83. The van der Waals surface area contributed by atoms with E-state index in [1.54, 1.807) is 12.3 Å². The van der Waals surface area contributed by atoms with Crippen LogP contribution in [-0.2, 0) is 11.3 Å². The molecule has 1 heterocycles. The summed E-state index contributed by atoms with van der Waals surface area (Å²) in [4.78, 5) is 11.7. The van der Waals surface area contributed by atoms with Crippen molar-refractivity contribution < 1.29 is 13.9 Å². The highest BCUT2D eigenvalue weighted by Crippen LogP contribution is 2.15. The van der Waals surface area contributed by atoms with Gasteiger partial charge in [-0.2, -0.15) is 0 Å². The van der Waals surface area contributed by atoms with Crippen molar-refractivity contribution in [3.63, 3.8) is 0 Å². The molecular weight excluding hydrogens is 280 g/mol. The molecule has 116 valence electrons. The SMILES string of the molecule is C=C(C)COc1ccc(NCC(=O)NCc2ccco2)cc1. The Balaban J connectivity index is 1.71. The summed E-state index contributed by atoms with van der Waals surface area (Å²) < 4.78 is 10.7. The highest BCUT2D eigenvalue weighted by Gasteiger charge is 2.03. The number of carbonyl (C=O) groups is 1. The molecule has 1 aromatic carbocycles. The van der Waals surface area contributed by atoms with E-state index in [1.807, 2.05) is 37.3 Å². The van der Waals surface area contributed by atoms with Gasteiger partial charge in [-0.25, -0.2) is 0 Å². The minimum absolute atomic E-state index is 0.0981. The lowest BCUT2D eigenvalue weighted by Gasteiger charge is -2.09. The van der Waals surface area contributed by atoms with Gasteiger partial charge in [0.15, 0.2) is 0 Å². The smallest absolute Gasteiger partial charge is 0.239 e. The molecule has 1 amide bonds. The molecule has 0 atom stereocenters. The molecular formula is C17H20N2O3. The zero-order chi connectivity index (χ0) is 15.8. The van der Waals surface area contributed by atoms with E-state index < -0.39 is 0 Å². The predicted octanol–water partition coefficient (Wildman–Crippen LogP) is 2.96. The van der Waals surface area contributed by atoms with Gasteiger partial charge in [0.1, 0.15) is 18.1 Å². The van der Waals surface area contributed by atoms with Gasteiger partial charge < -0.3 is 19.8 Å². The summed E-state index contributed by atoms with van der Waals surface area (Å²) in [5, 5.41) is 5.82. The lowest BCUT2D eigenvalue weighted by molar-refractivity contribution is -0.119. The zero-order valence-electron chi connectivity index (χ0n) is 12.6. The van der Waals surface area contributed by atoms with Crippen LogP contribution in [0.1, 0.15) is 12.7 Å². The first-order valence-corrected chi connectivity index (χ1v) is 7.03. The quantitative estimate of drug-likeness (QED) is 0.736. The van der Waals surface area contributed by atoms with Crippen LogP contribution in [0.4, 0.5) is 5.69 Å². The lowest BCUT2D eigenvalue weighted by Crippen LogP contribution is -2.29. The molecule has 0 aliphatic carbocycles. The molecule has 5 heteroatoms. The van der Waals surface area contributed by atoms with Crippen molar-refractivity contribution in [2.45, 2.75) is 13.5 Å². The Hall–Kier alpha value is -2.69. The third-order valence-corrected chi connectivity index (χ3v) is 2.83. The van der Waals surface area contributed by atoms with E-state index in [0.29, 0.717) is 13.2 Å². The Morgan fingerprint density at radius 2 is 2.05 bits per heavy atom. The third kappa shape index (κ3) is 5.36. The maximum absolute atomic E-state index is 11.7. The number of furan rings is 1. The van der Waals surface area contributed by atoms with Crippen LogP contribution in [0.15, 0.2) is 59.2 Å². The van der Waals surface area contributed by atoms with Gasteiger partial charge in [-0.05, 0) is 48.9 Å². The normalized spacial score (nSPS) is 10.0. The molecule has 0 saturated heterocycles. The Labute approximate surface area is 130 Å². The molecule has 0 aliphatic heterocycles. The van der Waals surface area contributed by atoms with Gasteiger partial charge >= 0.3 is 0 Å². The van der Waals surface area contributed by atoms with E-state index in [-0.39, 0.29) is 12.5 Å².